The zero-order valence-electron chi connectivity index (χ0n) is 7.33. The third-order valence-corrected chi connectivity index (χ3v) is 1.65. The number of aliphatic hydroxyl groups is 1. The van der Waals surface area contributed by atoms with E-state index in [4.69, 9.17) is 4.74 Å². The third-order valence-electron chi connectivity index (χ3n) is 1.65. The van der Waals surface area contributed by atoms with Crippen LogP contribution in [0.3, 0.4) is 0 Å². The van der Waals surface area contributed by atoms with Crippen LogP contribution in [0, 0.1) is 5.92 Å². The molecular formula is C8H16O3. The Morgan fingerprint density at radius 2 is 2.09 bits per heavy atom. The summed E-state index contributed by atoms with van der Waals surface area (Å²) in [6.07, 6.45) is 0.00836. The van der Waals surface area contributed by atoms with E-state index in [2.05, 4.69) is 0 Å². The summed E-state index contributed by atoms with van der Waals surface area (Å²) in [4.78, 5) is 11.0. The molecule has 0 amide bonds. The van der Waals surface area contributed by atoms with Gasteiger partial charge < -0.3 is 9.84 Å². The molecule has 0 unspecified atom stereocenters. The van der Waals surface area contributed by atoms with Crippen LogP contribution in [0.2, 0.25) is 0 Å². The molecule has 0 aromatic rings. The number of carbonyl (C=O) groups excluding carboxylic acids is 1. The molecule has 0 spiro atoms. The SMILES string of the molecule is CCOC(=O)[C@@H](C)[C@@H](O)CC. The van der Waals surface area contributed by atoms with Crippen LogP contribution in [0.15, 0.2) is 0 Å². The molecule has 0 aliphatic rings. The maximum Gasteiger partial charge on any atom is 0.311 e. The Balaban J connectivity index is 3.80. The molecule has 2 atom stereocenters. The Bertz CT molecular complexity index is 123. The van der Waals surface area contributed by atoms with Gasteiger partial charge in [0.05, 0.1) is 18.6 Å². The zero-order chi connectivity index (χ0) is 8.85. The highest BCUT2D eigenvalue weighted by molar-refractivity contribution is 5.72. The molecule has 66 valence electrons. The van der Waals surface area contributed by atoms with E-state index in [-0.39, 0.29) is 5.97 Å². The van der Waals surface area contributed by atoms with Crippen LogP contribution in [0.1, 0.15) is 27.2 Å². The topological polar surface area (TPSA) is 46.5 Å². The van der Waals surface area contributed by atoms with Crippen LogP contribution in [0.4, 0.5) is 0 Å². The average Bonchev–Trinajstić information content (AvgIpc) is 2.02. The van der Waals surface area contributed by atoms with Crippen LogP contribution in [0.25, 0.3) is 0 Å². The van der Waals surface area contributed by atoms with E-state index in [0.29, 0.717) is 13.0 Å². The molecule has 1 N–H and O–H groups in total. The van der Waals surface area contributed by atoms with E-state index >= 15 is 0 Å². The lowest BCUT2D eigenvalue weighted by Gasteiger charge is -2.14. The second-order valence-corrected chi connectivity index (χ2v) is 2.52. The molecule has 3 nitrogen and oxygen atoms in total. The Morgan fingerprint density at radius 1 is 1.55 bits per heavy atom. The van der Waals surface area contributed by atoms with Crippen molar-refractivity contribution in [1.82, 2.24) is 0 Å². The largest absolute Gasteiger partial charge is 0.466 e. The molecule has 0 fully saturated rings. The highest BCUT2D eigenvalue weighted by Gasteiger charge is 2.20. The van der Waals surface area contributed by atoms with E-state index in [1.807, 2.05) is 6.92 Å². The van der Waals surface area contributed by atoms with Crippen LogP contribution in [0.5, 0.6) is 0 Å². The maximum absolute atomic E-state index is 11.0. The van der Waals surface area contributed by atoms with Crippen LogP contribution >= 0.6 is 0 Å². The van der Waals surface area contributed by atoms with Crippen molar-refractivity contribution in [3.63, 3.8) is 0 Å². The van der Waals surface area contributed by atoms with Crippen LogP contribution in [-0.2, 0) is 9.53 Å². The van der Waals surface area contributed by atoms with Gasteiger partial charge in [-0.1, -0.05) is 6.92 Å². The molecule has 3 heteroatoms. The Kier molecular flexibility index (Phi) is 4.86. The predicted molar refractivity (Wildman–Crippen MR) is 42.1 cm³/mol. The minimum atomic E-state index is -0.575. The number of esters is 1. The van der Waals surface area contributed by atoms with Gasteiger partial charge in [-0.25, -0.2) is 0 Å². The number of hydrogen-bond acceptors (Lipinski definition) is 3. The number of ether oxygens (including phenoxy) is 1. The summed E-state index contributed by atoms with van der Waals surface area (Å²) >= 11 is 0. The third kappa shape index (κ3) is 3.37. The molecule has 0 radical (unpaired) electrons. The van der Waals surface area contributed by atoms with Crippen molar-refractivity contribution in [3.05, 3.63) is 0 Å². The lowest BCUT2D eigenvalue weighted by molar-refractivity contribution is -0.151. The van der Waals surface area contributed by atoms with Crippen molar-refractivity contribution >= 4 is 5.97 Å². The lowest BCUT2D eigenvalue weighted by atomic mass is 10.0. The molecular weight excluding hydrogens is 144 g/mol. The van der Waals surface area contributed by atoms with Crippen LogP contribution < -0.4 is 0 Å². The standard InChI is InChI=1S/C8H16O3/c1-4-7(9)6(3)8(10)11-5-2/h6-7,9H,4-5H2,1-3H3/t6-,7-/m0/s1. The fourth-order valence-corrected chi connectivity index (χ4v) is 0.784. The normalized spacial score (nSPS) is 15.6. The van der Waals surface area contributed by atoms with E-state index in [1.54, 1.807) is 13.8 Å². The van der Waals surface area contributed by atoms with Gasteiger partial charge in [0.25, 0.3) is 0 Å². The van der Waals surface area contributed by atoms with Crippen molar-refractivity contribution in [2.45, 2.75) is 33.3 Å². The summed E-state index contributed by atoms with van der Waals surface area (Å²) in [7, 11) is 0. The molecule has 0 rings (SSSR count). The van der Waals surface area contributed by atoms with Gasteiger partial charge in [0.15, 0.2) is 0 Å². The number of rotatable bonds is 4. The zero-order valence-corrected chi connectivity index (χ0v) is 7.33. The quantitative estimate of drug-likeness (QED) is 0.623. The van der Waals surface area contributed by atoms with E-state index in [1.165, 1.54) is 0 Å². The highest BCUT2D eigenvalue weighted by atomic mass is 16.5. The lowest BCUT2D eigenvalue weighted by Crippen LogP contribution is -2.26. The Labute approximate surface area is 67.4 Å². The van der Waals surface area contributed by atoms with Gasteiger partial charge in [-0.05, 0) is 20.3 Å². The summed E-state index contributed by atoms with van der Waals surface area (Å²) in [6, 6.07) is 0. The average molecular weight is 160 g/mol. The molecule has 11 heavy (non-hydrogen) atoms. The highest BCUT2D eigenvalue weighted by Crippen LogP contribution is 2.08. The summed E-state index contributed by atoms with van der Waals surface area (Å²) in [5, 5.41) is 9.22. The van der Waals surface area contributed by atoms with E-state index in [9.17, 15) is 9.90 Å². The molecule has 0 aliphatic carbocycles. The van der Waals surface area contributed by atoms with Crippen molar-refractivity contribution < 1.29 is 14.6 Å². The smallest absolute Gasteiger partial charge is 0.311 e. The van der Waals surface area contributed by atoms with E-state index < -0.39 is 12.0 Å². The van der Waals surface area contributed by atoms with Gasteiger partial charge in [0.2, 0.25) is 0 Å². The van der Waals surface area contributed by atoms with Gasteiger partial charge >= 0.3 is 5.97 Å². The first-order valence-corrected chi connectivity index (χ1v) is 3.98. The van der Waals surface area contributed by atoms with Crippen molar-refractivity contribution in [2.75, 3.05) is 6.61 Å². The minimum Gasteiger partial charge on any atom is -0.466 e. The first kappa shape index (κ1) is 10.4. The van der Waals surface area contributed by atoms with Gasteiger partial charge in [-0.2, -0.15) is 0 Å². The summed E-state index contributed by atoms with van der Waals surface area (Å²) < 4.78 is 4.73. The Hall–Kier alpha value is -0.570. The van der Waals surface area contributed by atoms with Crippen molar-refractivity contribution in [3.8, 4) is 0 Å². The Morgan fingerprint density at radius 3 is 2.45 bits per heavy atom. The maximum atomic E-state index is 11.0. The molecule has 0 bridgehead atoms. The number of carbonyl (C=O) groups is 1. The molecule has 0 aliphatic heterocycles. The second-order valence-electron chi connectivity index (χ2n) is 2.52. The number of hydrogen-bond donors (Lipinski definition) is 1. The summed E-state index contributed by atoms with van der Waals surface area (Å²) in [5.74, 6) is -0.721. The molecule has 0 aromatic carbocycles. The van der Waals surface area contributed by atoms with Gasteiger partial charge in [-0.15, -0.1) is 0 Å². The van der Waals surface area contributed by atoms with Gasteiger partial charge in [-0.3, -0.25) is 4.79 Å². The second kappa shape index (κ2) is 5.13. The fraction of sp³-hybridized carbons (Fsp3) is 0.875. The first-order chi connectivity index (χ1) is 5.13. The van der Waals surface area contributed by atoms with Gasteiger partial charge in [0.1, 0.15) is 0 Å². The van der Waals surface area contributed by atoms with Gasteiger partial charge in [0, 0.05) is 0 Å². The summed E-state index contributed by atoms with van der Waals surface area (Å²) in [6.45, 7) is 5.63. The minimum absolute atomic E-state index is 0.318. The molecule has 0 saturated heterocycles. The molecule has 0 saturated carbocycles. The first-order valence-electron chi connectivity index (χ1n) is 3.98. The summed E-state index contributed by atoms with van der Waals surface area (Å²) in [5.41, 5.74) is 0. The monoisotopic (exact) mass is 160 g/mol. The predicted octanol–water partition coefficient (Wildman–Crippen LogP) is 0.957. The van der Waals surface area contributed by atoms with Crippen LogP contribution in [-0.4, -0.2) is 23.8 Å². The molecule has 0 heterocycles. The molecule has 0 aromatic heterocycles. The van der Waals surface area contributed by atoms with Crippen molar-refractivity contribution in [2.24, 2.45) is 5.92 Å². The van der Waals surface area contributed by atoms with E-state index in [0.717, 1.165) is 0 Å². The van der Waals surface area contributed by atoms with Crippen molar-refractivity contribution in [1.29, 1.82) is 0 Å². The number of aliphatic hydroxyl groups excluding tert-OH is 1. The fourth-order valence-electron chi connectivity index (χ4n) is 0.784.